The van der Waals surface area contributed by atoms with Crippen molar-refractivity contribution in [2.75, 3.05) is 18.4 Å². The highest BCUT2D eigenvalue weighted by molar-refractivity contribution is 5.96. The van der Waals surface area contributed by atoms with Gasteiger partial charge in [0.1, 0.15) is 5.82 Å². The van der Waals surface area contributed by atoms with E-state index in [4.69, 9.17) is 30.9 Å². The summed E-state index contributed by atoms with van der Waals surface area (Å²) >= 11 is 0. The summed E-state index contributed by atoms with van der Waals surface area (Å²) in [5, 5.41) is 32.4. The van der Waals surface area contributed by atoms with Crippen molar-refractivity contribution in [1.82, 2.24) is 25.5 Å². The second-order valence-electron chi connectivity index (χ2n) is 11.4. The Balaban J connectivity index is 0.000000687. The zero-order valence-corrected chi connectivity index (χ0v) is 27.1. The summed E-state index contributed by atoms with van der Waals surface area (Å²) in [4.78, 5) is 42.3. The average Bonchev–Trinajstić information content (AvgIpc) is 2.95. The Bertz CT molecular complexity index is 1370. The monoisotopic (exact) mass is 696 g/mol. The second-order valence-corrected chi connectivity index (χ2v) is 11.4. The number of carboxylic acid groups (broad SMARTS) is 2. The van der Waals surface area contributed by atoms with E-state index in [1.54, 1.807) is 0 Å². The maximum Gasteiger partial charge on any atom is 0.490 e. The molecule has 13 nitrogen and oxygen atoms in total. The number of nitrogens with one attached hydrogen (secondary N) is 4. The molecular weight excluding hydrogens is 654 g/mol. The van der Waals surface area contributed by atoms with Crippen LogP contribution in [-0.2, 0) is 9.59 Å². The van der Waals surface area contributed by atoms with Crippen LogP contribution in [-0.4, -0.2) is 98.5 Å². The van der Waals surface area contributed by atoms with E-state index in [1.807, 2.05) is 25.1 Å². The van der Waals surface area contributed by atoms with E-state index in [0.29, 0.717) is 24.4 Å². The predicted octanol–water partition coefficient (Wildman–Crippen LogP) is 4.26. The number of guanidine groups is 1. The number of benzene rings is 1. The standard InChI is InChI=1S/C25H40N8O.2C2HF3O2/c1-15(2)33(16(3)4)13-12-28-24(34)23-29-19-11-10-17(5)14-18(19)22(32-23)30-20-8-6-7-9-21(20)31-25(26)27;2*3-2(4,5)1(6)7/h10-11,14-16,20-21H,6-9,12-13H2,1-5H3,(H,28,34)(H4,26,27,31)(H,29,30,32);2*(H,6,7). The van der Waals surface area contributed by atoms with Gasteiger partial charge < -0.3 is 31.9 Å². The van der Waals surface area contributed by atoms with Gasteiger partial charge in [0, 0.05) is 42.6 Å². The summed E-state index contributed by atoms with van der Waals surface area (Å²) in [5.41, 5.74) is 7.45. The number of carbonyl (C=O) groups is 3. The number of anilines is 1. The van der Waals surface area contributed by atoms with Gasteiger partial charge in [-0.3, -0.25) is 15.1 Å². The maximum atomic E-state index is 13.0. The van der Waals surface area contributed by atoms with E-state index < -0.39 is 24.3 Å². The highest BCUT2D eigenvalue weighted by Crippen LogP contribution is 2.27. The molecule has 1 aliphatic carbocycles. The van der Waals surface area contributed by atoms with Crippen LogP contribution >= 0.6 is 0 Å². The van der Waals surface area contributed by atoms with E-state index in [-0.39, 0.29) is 29.8 Å². The minimum absolute atomic E-state index is 0.0287. The van der Waals surface area contributed by atoms with Crippen LogP contribution in [0.5, 0.6) is 0 Å². The number of aliphatic carboxylic acids is 2. The number of amides is 1. The lowest BCUT2D eigenvalue weighted by molar-refractivity contribution is -0.193. The van der Waals surface area contributed by atoms with E-state index in [0.717, 1.165) is 48.7 Å². The van der Waals surface area contributed by atoms with Crippen molar-refractivity contribution in [1.29, 1.82) is 5.41 Å². The average molecular weight is 697 g/mol. The molecule has 1 heterocycles. The number of hydrogen-bond donors (Lipinski definition) is 7. The molecule has 1 fully saturated rings. The number of halogens is 6. The fourth-order valence-electron chi connectivity index (χ4n) is 4.80. The van der Waals surface area contributed by atoms with E-state index in [9.17, 15) is 31.1 Å². The van der Waals surface area contributed by atoms with Crippen LogP contribution in [0.15, 0.2) is 18.2 Å². The Kier molecular flexibility index (Phi) is 15.8. The molecule has 1 aromatic heterocycles. The van der Waals surface area contributed by atoms with Crippen LogP contribution in [0.2, 0.25) is 0 Å². The first-order valence-corrected chi connectivity index (χ1v) is 14.8. The molecule has 0 bridgehead atoms. The summed E-state index contributed by atoms with van der Waals surface area (Å²) < 4.78 is 63.5. The Morgan fingerprint density at radius 2 is 1.46 bits per heavy atom. The molecule has 2 atom stereocenters. The number of carbonyl (C=O) groups excluding carboxylic acids is 1. The normalized spacial score (nSPS) is 16.4. The molecule has 19 heteroatoms. The summed E-state index contributed by atoms with van der Waals surface area (Å²) in [6.45, 7) is 12.0. The molecule has 0 radical (unpaired) electrons. The van der Waals surface area contributed by atoms with Crippen LogP contribution in [0.3, 0.4) is 0 Å². The number of carboxylic acids is 2. The zero-order chi connectivity index (χ0) is 37.0. The summed E-state index contributed by atoms with van der Waals surface area (Å²) in [6, 6.07) is 6.86. The molecule has 1 aliphatic rings. The number of rotatable bonds is 9. The summed E-state index contributed by atoms with van der Waals surface area (Å²) in [5.74, 6) is -5.02. The molecule has 2 aromatic rings. The number of aromatic nitrogens is 2. The third kappa shape index (κ3) is 14.1. The lowest BCUT2D eigenvalue weighted by Crippen LogP contribution is -2.50. The van der Waals surface area contributed by atoms with Crippen molar-refractivity contribution in [3.05, 3.63) is 29.6 Å². The molecule has 0 spiro atoms. The Morgan fingerprint density at radius 3 is 1.92 bits per heavy atom. The molecule has 0 aliphatic heterocycles. The van der Waals surface area contributed by atoms with Crippen molar-refractivity contribution >= 4 is 40.5 Å². The van der Waals surface area contributed by atoms with Gasteiger partial charge in [0.2, 0.25) is 5.82 Å². The molecular formula is C29H42F6N8O5. The summed E-state index contributed by atoms with van der Waals surface area (Å²) in [6.07, 6.45) is -6.13. The molecule has 3 rings (SSSR count). The van der Waals surface area contributed by atoms with Gasteiger partial charge in [-0.1, -0.05) is 24.5 Å². The fourth-order valence-corrected chi connectivity index (χ4v) is 4.80. The Hall–Kier alpha value is -4.42. The number of nitrogens with zero attached hydrogens (tertiary/aromatic N) is 3. The highest BCUT2D eigenvalue weighted by Gasteiger charge is 2.39. The number of nitrogens with two attached hydrogens (primary N) is 1. The first-order valence-electron chi connectivity index (χ1n) is 14.8. The van der Waals surface area contributed by atoms with Gasteiger partial charge in [0.15, 0.2) is 5.96 Å². The lowest BCUT2D eigenvalue weighted by Gasteiger charge is -2.33. The minimum atomic E-state index is -5.08. The van der Waals surface area contributed by atoms with Crippen molar-refractivity contribution in [3.63, 3.8) is 0 Å². The third-order valence-corrected chi connectivity index (χ3v) is 6.95. The van der Waals surface area contributed by atoms with Crippen molar-refractivity contribution in [2.24, 2.45) is 5.73 Å². The van der Waals surface area contributed by atoms with Gasteiger partial charge in [-0.2, -0.15) is 26.3 Å². The lowest BCUT2D eigenvalue weighted by atomic mass is 9.90. The minimum Gasteiger partial charge on any atom is -0.475 e. The fraction of sp³-hybridized carbons (Fsp3) is 0.586. The molecule has 0 saturated heterocycles. The van der Waals surface area contributed by atoms with Crippen molar-refractivity contribution < 1.29 is 50.9 Å². The summed E-state index contributed by atoms with van der Waals surface area (Å²) in [7, 11) is 0. The largest absolute Gasteiger partial charge is 0.490 e. The van der Waals surface area contributed by atoms with E-state index in [2.05, 4.69) is 58.5 Å². The smallest absolute Gasteiger partial charge is 0.475 e. The van der Waals surface area contributed by atoms with Crippen LogP contribution in [0.1, 0.15) is 69.6 Å². The topological polar surface area (TPSA) is 207 Å². The van der Waals surface area contributed by atoms with Crippen LogP contribution in [0.4, 0.5) is 32.2 Å². The molecule has 1 saturated carbocycles. The number of aryl methyl sites for hydroxylation is 1. The van der Waals surface area contributed by atoms with Gasteiger partial charge in [-0.25, -0.2) is 19.6 Å². The molecule has 2 unspecified atom stereocenters. The highest BCUT2D eigenvalue weighted by atomic mass is 19.4. The van der Waals surface area contributed by atoms with Crippen molar-refractivity contribution in [3.8, 4) is 0 Å². The zero-order valence-electron chi connectivity index (χ0n) is 27.1. The number of fused-ring (bicyclic) bond motifs is 1. The van der Waals surface area contributed by atoms with Gasteiger partial charge in [0.25, 0.3) is 5.91 Å². The first kappa shape index (κ1) is 41.6. The molecule has 48 heavy (non-hydrogen) atoms. The Morgan fingerprint density at radius 1 is 0.958 bits per heavy atom. The Labute approximate surface area is 273 Å². The molecule has 1 aromatic carbocycles. The molecule has 8 N–H and O–H groups in total. The second kappa shape index (κ2) is 18.2. The van der Waals surface area contributed by atoms with Crippen LogP contribution in [0.25, 0.3) is 10.9 Å². The van der Waals surface area contributed by atoms with Crippen LogP contribution < -0.4 is 21.7 Å². The molecule has 1 amide bonds. The quantitative estimate of drug-likeness (QED) is 0.112. The van der Waals surface area contributed by atoms with Crippen molar-refractivity contribution in [2.45, 2.75) is 96.8 Å². The van der Waals surface area contributed by atoms with E-state index in [1.165, 1.54) is 0 Å². The van der Waals surface area contributed by atoms with E-state index >= 15 is 0 Å². The van der Waals surface area contributed by atoms with Gasteiger partial charge in [-0.05, 0) is 59.6 Å². The van der Waals surface area contributed by atoms with Gasteiger partial charge in [0.05, 0.1) is 5.52 Å². The number of alkyl halides is 6. The third-order valence-electron chi connectivity index (χ3n) is 6.95. The molecule has 270 valence electrons. The first-order chi connectivity index (χ1) is 22.0. The maximum absolute atomic E-state index is 13.0. The predicted molar refractivity (Wildman–Crippen MR) is 166 cm³/mol. The van der Waals surface area contributed by atoms with Crippen LogP contribution in [0, 0.1) is 12.3 Å². The number of hydrogen-bond acceptors (Lipinski definition) is 8. The van der Waals surface area contributed by atoms with Gasteiger partial charge in [-0.15, -0.1) is 0 Å². The SMILES string of the molecule is Cc1ccc2nc(C(=O)NCCN(C(C)C)C(C)C)nc(NC3CCCCC3NC(=N)N)c2c1.O=C(O)C(F)(F)F.O=C(O)C(F)(F)F. The van der Waals surface area contributed by atoms with Gasteiger partial charge >= 0.3 is 24.3 Å².